The molecule has 1 spiro atoms. The lowest BCUT2D eigenvalue weighted by Gasteiger charge is -2.35. The Kier molecular flexibility index (Phi) is 6.22. The Hall–Kier alpha value is -1.67. The molecule has 3 saturated heterocycles. The van der Waals surface area contributed by atoms with E-state index in [4.69, 9.17) is 4.74 Å². The van der Waals surface area contributed by atoms with Gasteiger partial charge < -0.3 is 25.4 Å². The Balaban J connectivity index is 2.03. The highest BCUT2D eigenvalue weighted by molar-refractivity contribution is 5.99. The molecule has 2 bridgehead atoms. The summed E-state index contributed by atoms with van der Waals surface area (Å²) in [6.07, 6.45) is 3.03. The first-order valence-electron chi connectivity index (χ1n) is 11.3. The van der Waals surface area contributed by atoms with E-state index in [9.17, 15) is 19.5 Å². The number of hydrogen-bond donors (Lipinski definition) is 3. The van der Waals surface area contributed by atoms with E-state index in [1.54, 1.807) is 4.90 Å². The third kappa shape index (κ3) is 3.51. The second-order valence-electron chi connectivity index (χ2n) is 9.97. The summed E-state index contributed by atoms with van der Waals surface area (Å²) in [6, 6.07) is -0.793. The third-order valence-electron chi connectivity index (χ3n) is 6.82. The Labute approximate surface area is 179 Å². The highest BCUT2D eigenvalue weighted by atomic mass is 16.5. The zero-order valence-electron chi connectivity index (χ0n) is 18.9. The number of aliphatic hydroxyl groups is 1. The van der Waals surface area contributed by atoms with Crippen LogP contribution in [0, 0.1) is 11.8 Å². The molecular formula is C22H37N3O5. The number of carbonyl (C=O) groups is 3. The van der Waals surface area contributed by atoms with E-state index in [1.807, 2.05) is 34.6 Å². The second kappa shape index (κ2) is 8.11. The number of rotatable bonds is 8. The number of aliphatic hydroxyl groups excluding tert-OH is 1. The fourth-order valence-electron chi connectivity index (χ4n) is 5.69. The van der Waals surface area contributed by atoms with Crippen LogP contribution in [0.1, 0.15) is 66.7 Å². The van der Waals surface area contributed by atoms with Crippen molar-refractivity contribution in [2.24, 2.45) is 11.8 Å². The Morgan fingerprint density at radius 2 is 1.93 bits per heavy atom. The summed E-state index contributed by atoms with van der Waals surface area (Å²) in [5, 5.41) is 15.3. The summed E-state index contributed by atoms with van der Waals surface area (Å²) in [6.45, 7) is 10.4. The van der Waals surface area contributed by atoms with Gasteiger partial charge in [0.2, 0.25) is 17.7 Å². The van der Waals surface area contributed by atoms with Crippen molar-refractivity contribution in [1.82, 2.24) is 15.5 Å². The van der Waals surface area contributed by atoms with Crippen LogP contribution in [0.25, 0.3) is 0 Å². The van der Waals surface area contributed by atoms with E-state index in [-0.39, 0.29) is 30.9 Å². The minimum atomic E-state index is -0.994. The number of hydrogen-bond acceptors (Lipinski definition) is 5. The van der Waals surface area contributed by atoms with Crippen LogP contribution in [-0.2, 0) is 19.1 Å². The summed E-state index contributed by atoms with van der Waals surface area (Å²) in [7, 11) is 0. The minimum Gasteiger partial charge on any atom is -0.396 e. The highest BCUT2D eigenvalue weighted by Crippen LogP contribution is 2.64. The van der Waals surface area contributed by atoms with Gasteiger partial charge in [0.15, 0.2) is 0 Å². The number of amides is 3. The van der Waals surface area contributed by atoms with Crippen LogP contribution in [0.3, 0.4) is 0 Å². The fourth-order valence-corrected chi connectivity index (χ4v) is 5.69. The molecule has 3 aliphatic heterocycles. The van der Waals surface area contributed by atoms with Gasteiger partial charge in [0.1, 0.15) is 11.6 Å². The number of nitrogens with zero attached hydrogens (tertiary/aromatic N) is 1. The Bertz CT molecular complexity index is 705. The quantitative estimate of drug-likeness (QED) is 0.539. The molecule has 3 heterocycles. The van der Waals surface area contributed by atoms with Crippen molar-refractivity contribution in [3.8, 4) is 0 Å². The molecule has 3 N–H and O–H groups in total. The van der Waals surface area contributed by atoms with E-state index < -0.39 is 34.6 Å². The molecule has 0 aromatic carbocycles. The smallest absolute Gasteiger partial charge is 0.246 e. The monoisotopic (exact) mass is 423 g/mol. The van der Waals surface area contributed by atoms with Gasteiger partial charge in [-0.05, 0) is 52.9 Å². The van der Waals surface area contributed by atoms with Crippen molar-refractivity contribution in [2.75, 3.05) is 19.7 Å². The zero-order chi connectivity index (χ0) is 22.3. The van der Waals surface area contributed by atoms with Gasteiger partial charge in [-0.3, -0.25) is 14.4 Å². The predicted molar refractivity (Wildman–Crippen MR) is 111 cm³/mol. The molecule has 3 fully saturated rings. The molecule has 0 radical (unpaired) electrons. The third-order valence-corrected chi connectivity index (χ3v) is 6.82. The highest BCUT2D eigenvalue weighted by Gasteiger charge is 2.78. The summed E-state index contributed by atoms with van der Waals surface area (Å²) in [5.74, 6) is -1.88. The van der Waals surface area contributed by atoms with E-state index in [2.05, 4.69) is 10.6 Å². The maximum Gasteiger partial charge on any atom is 0.246 e. The number of likely N-dealkylation sites (tertiary alicyclic amines) is 1. The molecule has 3 amide bonds. The molecule has 30 heavy (non-hydrogen) atoms. The van der Waals surface area contributed by atoms with E-state index in [0.29, 0.717) is 32.2 Å². The van der Waals surface area contributed by atoms with Gasteiger partial charge in [-0.2, -0.15) is 0 Å². The van der Waals surface area contributed by atoms with Crippen LogP contribution in [0.5, 0.6) is 0 Å². The predicted octanol–water partition coefficient (Wildman–Crippen LogP) is 0.965. The van der Waals surface area contributed by atoms with E-state index >= 15 is 0 Å². The number of fused-ring (bicyclic) bond motifs is 1. The fraction of sp³-hybridized carbons (Fsp3) is 0.864. The van der Waals surface area contributed by atoms with Crippen molar-refractivity contribution in [3.05, 3.63) is 0 Å². The molecular weight excluding hydrogens is 386 g/mol. The van der Waals surface area contributed by atoms with Gasteiger partial charge in [-0.25, -0.2) is 0 Å². The first-order chi connectivity index (χ1) is 14.1. The number of ether oxygens (including phenoxy) is 1. The zero-order valence-corrected chi connectivity index (χ0v) is 18.9. The standard InChI is InChI=1S/C22H37N3O5/c1-6-11-23-17(27)14-15-19(29)25(12-8-13-26)16(18(28)24-20(3,4)5)22(15)10-9-21(14,7-2)30-22/h14-16,26H,6-13H2,1-5H3,(H,23,27)(H,24,28)/t14-,15+,16?,21+,22?/m1/s1. The van der Waals surface area contributed by atoms with Gasteiger partial charge >= 0.3 is 0 Å². The average Bonchev–Trinajstić information content (AvgIpc) is 3.26. The van der Waals surface area contributed by atoms with Crippen LogP contribution in [-0.4, -0.2) is 70.2 Å². The summed E-state index contributed by atoms with van der Waals surface area (Å²) < 4.78 is 6.62. The van der Waals surface area contributed by atoms with Crippen LogP contribution in [0.4, 0.5) is 0 Å². The lowest BCUT2D eigenvalue weighted by molar-refractivity contribution is -0.148. The Morgan fingerprint density at radius 3 is 2.50 bits per heavy atom. The summed E-state index contributed by atoms with van der Waals surface area (Å²) in [5.41, 5.74) is -2.16. The summed E-state index contributed by atoms with van der Waals surface area (Å²) in [4.78, 5) is 41.7. The van der Waals surface area contributed by atoms with Gasteiger partial charge in [0, 0.05) is 25.2 Å². The van der Waals surface area contributed by atoms with Crippen molar-refractivity contribution >= 4 is 17.7 Å². The van der Waals surface area contributed by atoms with Crippen molar-refractivity contribution in [3.63, 3.8) is 0 Å². The molecule has 3 rings (SSSR count). The Morgan fingerprint density at radius 1 is 1.23 bits per heavy atom. The lowest BCUT2D eigenvalue weighted by Crippen LogP contribution is -2.58. The minimum absolute atomic E-state index is 0.0742. The van der Waals surface area contributed by atoms with E-state index in [0.717, 1.165) is 6.42 Å². The van der Waals surface area contributed by atoms with Gasteiger partial charge in [-0.15, -0.1) is 0 Å². The van der Waals surface area contributed by atoms with Crippen molar-refractivity contribution < 1.29 is 24.2 Å². The van der Waals surface area contributed by atoms with E-state index in [1.165, 1.54) is 0 Å². The van der Waals surface area contributed by atoms with Crippen molar-refractivity contribution in [2.45, 2.75) is 89.5 Å². The van der Waals surface area contributed by atoms with Gasteiger partial charge in [-0.1, -0.05) is 13.8 Å². The molecule has 8 heteroatoms. The molecule has 2 unspecified atom stereocenters. The lowest BCUT2D eigenvalue weighted by atomic mass is 9.65. The maximum absolute atomic E-state index is 13.6. The molecule has 3 aliphatic rings. The van der Waals surface area contributed by atoms with Gasteiger partial charge in [0.25, 0.3) is 0 Å². The number of carbonyl (C=O) groups excluding carboxylic acids is 3. The molecule has 5 atom stereocenters. The first-order valence-corrected chi connectivity index (χ1v) is 11.3. The molecule has 170 valence electrons. The first kappa shape index (κ1) is 23.0. The molecule has 0 aromatic rings. The number of nitrogens with one attached hydrogen (secondary N) is 2. The van der Waals surface area contributed by atoms with Crippen LogP contribution < -0.4 is 10.6 Å². The molecule has 0 aliphatic carbocycles. The van der Waals surface area contributed by atoms with Crippen LogP contribution in [0.15, 0.2) is 0 Å². The molecule has 0 aromatic heterocycles. The van der Waals surface area contributed by atoms with Crippen LogP contribution in [0.2, 0.25) is 0 Å². The molecule has 0 saturated carbocycles. The topological polar surface area (TPSA) is 108 Å². The second-order valence-corrected chi connectivity index (χ2v) is 9.97. The molecule has 8 nitrogen and oxygen atoms in total. The summed E-state index contributed by atoms with van der Waals surface area (Å²) >= 11 is 0. The van der Waals surface area contributed by atoms with Gasteiger partial charge in [0.05, 0.1) is 17.4 Å². The SMILES string of the molecule is CCCNC(=O)[C@H]1[C@H]2C(=O)N(CCCO)C(C(=O)NC(C)(C)C)C23CC[C@]1(CC)O3. The average molecular weight is 424 g/mol. The normalized spacial score (nSPS) is 34.9. The largest absolute Gasteiger partial charge is 0.396 e. The maximum atomic E-state index is 13.6. The van der Waals surface area contributed by atoms with Crippen molar-refractivity contribution in [1.29, 1.82) is 0 Å². The van der Waals surface area contributed by atoms with Crippen LogP contribution >= 0.6 is 0 Å².